The summed E-state index contributed by atoms with van der Waals surface area (Å²) >= 11 is 0. The molecule has 1 aliphatic rings. The largest absolute Gasteiger partial charge is 0.368 e. The van der Waals surface area contributed by atoms with Crippen molar-refractivity contribution in [3.8, 4) is 6.07 Å². The third-order valence-corrected chi connectivity index (χ3v) is 3.91. The second-order valence-electron chi connectivity index (χ2n) is 5.04. The number of nitrogens with zero attached hydrogens (tertiary/aromatic N) is 2. The van der Waals surface area contributed by atoms with Gasteiger partial charge in [-0.25, -0.2) is 0 Å². The van der Waals surface area contributed by atoms with Crippen molar-refractivity contribution in [3.05, 3.63) is 42.0 Å². The summed E-state index contributed by atoms with van der Waals surface area (Å²) in [5.74, 6) is -0.282. The van der Waals surface area contributed by atoms with E-state index in [1.54, 1.807) is 0 Å². The van der Waals surface area contributed by atoms with Gasteiger partial charge in [-0.2, -0.15) is 5.26 Å². The normalized spacial score (nSPS) is 18.1. The molecule has 1 saturated heterocycles. The van der Waals surface area contributed by atoms with Crippen molar-refractivity contribution in [1.29, 1.82) is 5.26 Å². The molecule has 1 amide bonds. The number of primary amides is 1. The Kier molecular flexibility index (Phi) is 3.03. The monoisotopic (exact) mass is 265 g/mol. The average Bonchev–Trinajstić information content (AvgIpc) is 2.95. The Balaban J connectivity index is 2.18. The maximum atomic E-state index is 11.6. The zero-order valence-electron chi connectivity index (χ0n) is 11.0. The van der Waals surface area contributed by atoms with Crippen LogP contribution in [0.15, 0.2) is 36.4 Å². The van der Waals surface area contributed by atoms with Gasteiger partial charge in [0.05, 0.1) is 11.6 Å². The minimum absolute atomic E-state index is 0.244. The highest BCUT2D eigenvalue weighted by atomic mass is 16.1. The highest BCUT2D eigenvalue weighted by Gasteiger charge is 2.30. The molecule has 0 bridgehead atoms. The Hall–Kier alpha value is -2.54. The maximum Gasteiger partial charge on any atom is 0.240 e. The number of amides is 1. The molecule has 0 aromatic heterocycles. The number of benzene rings is 2. The first-order valence-electron chi connectivity index (χ1n) is 6.70. The molecule has 1 fully saturated rings. The van der Waals surface area contributed by atoms with Crippen molar-refractivity contribution >= 4 is 22.4 Å². The van der Waals surface area contributed by atoms with Crippen molar-refractivity contribution in [1.82, 2.24) is 0 Å². The molecule has 3 rings (SSSR count). The number of hydrogen-bond acceptors (Lipinski definition) is 3. The zero-order chi connectivity index (χ0) is 14.1. The minimum Gasteiger partial charge on any atom is -0.368 e. The second kappa shape index (κ2) is 4.86. The molecule has 1 aliphatic heterocycles. The first-order chi connectivity index (χ1) is 9.72. The number of nitriles is 1. The predicted octanol–water partition coefficient (Wildman–Crippen LogP) is 2.17. The van der Waals surface area contributed by atoms with Crippen LogP contribution in [-0.2, 0) is 4.79 Å². The van der Waals surface area contributed by atoms with Gasteiger partial charge in [-0.3, -0.25) is 4.79 Å². The van der Waals surface area contributed by atoms with Crippen molar-refractivity contribution in [3.63, 3.8) is 0 Å². The van der Waals surface area contributed by atoms with Crippen molar-refractivity contribution in [2.24, 2.45) is 5.73 Å². The fraction of sp³-hybridized carbons (Fsp3) is 0.250. The Morgan fingerprint density at radius 3 is 2.70 bits per heavy atom. The number of carbonyl (C=O) groups excluding carboxylic acids is 1. The fourth-order valence-corrected chi connectivity index (χ4v) is 2.98. The van der Waals surface area contributed by atoms with Gasteiger partial charge in [0.25, 0.3) is 0 Å². The molecule has 2 aromatic rings. The fourth-order valence-electron chi connectivity index (χ4n) is 2.98. The van der Waals surface area contributed by atoms with Gasteiger partial charge in [0.15, 0.2) is 0 Å². The van der Waals surface area contributed by atoms with Crippen LogP contribution in [0.5, 0.6) is 0 Å². The zero-order valence-corrected chi connectivity index (χ0v) is 11.0. The lowest BCUT2D eigenvalue weighted by Gasteiger charge is -2.26. The summed E-state index contributed by atoms with van der Waals surface area (Å²) in [7, 11) is 0. The van der Waals surface area contributed by atoms with E-state index in [0.29, 0.717) is 5.56 Å². The van der Waals surface area contributed by atoms with Crippen LogP contribution >= 0.6 is 0 Å². The molecule has 2 aromatic carbocycles. The summed E-state index contributed by atoms with van der Waals surface area (Å²) < 4.78 is 0. The van der Waals surface area contributed by atoms with Crippen LogP contribution in [0.4, 0.5) is 5.69 Å². The number of carbonyl (C=O) groups is 1. The molecular formula is C16H15N3O. The van der Waals surface area contributed by atoms with E-state index in [-0.39, 0.29) is 11.9 Å². The molecule has 1 heterocycles. The third kappa shape index (κ3) is 1.88. The second-order valence-corrected chi connectivity index (χ2v) is 5.04. The molecule has 4 nitrogen and oxygen atoms in total. The SMILES string of the molecule is N#Cc1ccc(N2CCC[C@@H]2C(N)=O)c2ccccc12. The molecule has 0 unspecified atom stereocenters. The van der Waals surface area contributed by atoms with E-state index in [9.17, 15) is 10.1 Å². The molecule has 100 valence electrons. The van der Waals surface area contributed by atoms with Crippen LogP contribution in [-0.4, -0.2) is 18.5 Å². The van der Waals surface area contributed by atoms with Gasteiger partial charge in [-0.15, -0.1) is 0 Å². The van der Waals surface area contributed by atoms with E-state index in [0.717, 1.165) is 35.8 Å². The molecule has 20 heavy (non-hydrogen) atoms. The molecule has 0 spiro atoms. The number of rotatable bonds is 2. The number of anilines is 1. The Morgan fingerprint density at radius 1 is 1.25 bits per heavy atom. The average molecular weight is 265 g/mol. The number of fused-ring (bicyclic) bond motifs is 1. The first kappa shape index (κ1) is 12.5. The lowest BCUT2D eigenvalue weighted by molar-refractivity contribution is -0.119. The highest BCUT2D eigenvalue weighted by molar-refractivity contribution is 5.99. The molecular weight excluding hydrogens is 250 g/mol. The Morgan fingerprint density at radius 2 is 2.00 bits per heavy atom. The van der Waals surface area contributed by atoms with E-state index in [4.69, 9.17) is 5.73 Å². The Bertz CT molecular complexity index is 717. The van der Waals surface area contributed by atoms with E-state index < -0.39 is 0 Å². The van der Waals surface area contributed by atoms with Crippen LogP contribution in [0.3, 0.4) is 0 Å². The van der Waals surface area contributed by atoms with Gasteiger partial charge in [-0.05, 0) is 25.0 Å². The molecule has 0 saturated carbocycles. The summed E-state index contributed by atoms with van der Waals surface area (Å²) in [6.07, 6.45) is 1.76. The van der Waals surface area contributed by atoms with Gasteiger partial charge >= 0.3 is 0 Å². The van der Waals surface area contributed by atoms with Gasteiger partial charge in [0.2, 0.25) is 5.91 Å². The summed E-state index contributed by atoms with van der Waals surface area (Å²) in [6.45, 7) is 0.823. The lowest BCUT2D eigenvalue weighted by Crippen LogP contribution is -2.40. The molecule has 4 heteroatoms. The number of hydrogen-bond donors (Lipinski definition) is 1. The van der Waals surface area contributed by atoms with Crippen molar-refractivity contribution < 1.29 is 4.79 Å². The molecule has 0 aliphatic carbocycles. The molecule has 2 N–H and O–H groups in total. The summed E-state index contributed by atoms with van der Waals surface area (Å²) in [4.78, 5) is 13.6. The third-order valence-electron chi connectivity index (χ3n) is 3.91. The standard InChI is InChI=1S/C16H15N3O/c17-10-11-7-8-14(13-5-2-1-4-12(11)13)19-9-3-6-15(19)16(18)20/h1-2,4-5,7-8,15H,3,6,9H2,(H2,18,20)/t15-/m1/s1. The summed E-state index contributed by atoms with van der Waals surface area (Å²) in [6, 6.07) is 13.5. The predicted molar refractivity (Wildman–Crippen MR) is 78.2 cm³/mol. The number of nitrogens with two attached hydrogens (primary N) is 1. The topological polar surface area (TPSA) is 70.1 Å². The van der Waals surface area contributed by atoms with Gasteiger partial charge in [-0.1, -0.05) is 24.3 Å². The smallest absolute Gasteiger partial charge is 0.240 e. The molecule has 1 atom stereocenters. The van der Waals surface area contributed by atoms with Crippen molar-refractivity contribution in [2.75, 3.05) is 11.4 Å². The lowest BCUT2D eigenvalue weighted by atomic mass is 10.0. The van der Waals surface area contributed by atoms with E-state index in [1.807, 2.05) is 36.4 Å². The highest BCUT2D eigenvalue weighted by Crippen LogP contribution is 2.33. The molecule has 0 radical (unpaired) electrons. The maximum absolute atomic E-state index is 11.6. The minimum atomic E-state index is -0.282. The summed E-state index contributed by atoms with van der Waals surface area (Å²) in [5.41, 5.74) is 7.13. The van der Waals surface area contributed by atoms with E-state index in [2.05, 4.69) is 11.0 Å². The van der Waals surface area contributed by atoms with Crippen LogP contribution in [0.2, 0.25) is 0 Å². The van der Waals surface area contributed by atoms with E-state index in [1.165, 1.54) is 0 Å². The summed E-state index contributed by atoms with van der Waals surface area (Å²) in [5, 5.41) is 11.1. The van der Waals surface area contributed by atoms with Crippen LogP contribution in [0.25, 0.3) is 10.8 Å². The Labute approximate surface area is 117 Å². The van der Waals surface area contributed by atoms with Gasteiger partial charge in [0, 0.05) is 23.0 Å². The van der Waals surface area contributed by atoms with Crippen LogP contribution in [0, 0.1) is 11.3 Å². The van der Waals surface area contributed by atoms with Gasteiger partial charge in [0.1, 0.15) is 6.04 Å². The van der Waals surface area contributed by atoms with Crippen molar-refractivity contribution in [2.45, 2.75) is 18.9 Å². The van der Waals surface area contributed by atoms with Gasteiger partial charge < -0.3 is 10.6 Å². The van der Waals surface area contributed by atoms with Crippen LogP contribution in [0.1, 0.15) is 18.4 Å². The van der Waals surface area contributed by atoms with E-state index >= 15 is 0 Å². The van der Waals surface area contributed by atoms with Crippen LogP contribution < -0.4 is 10.6 Å². The first-order valence-corrected chi connectivity index (χ1v) is 6.70. The quantitative estimate of drug-likeness (QED) is 0.904.